The maximum atomic E-state index is 13.5. The minimum atomic E-state index is -3.86. The van der Waals surface area contributed by atoms with E-state index in [0.29, 0.717) is 10.0 Å². The number of likely N-dealkylation sites (N-methyl/N-ethyl adjacent to an activating group) is 1. The molecule has 5 rings (SSSR count). The number of hydrogen-bond acceptors (Lipinski definition) is 7. The summed E-state index contributed by atoms with van der Waals surface area (Å²) in [4.78, 5) is 34.8. The zero-order valence-electron chi connectivity index (χ0n) is 19.7. The molecule has 0 spiro atoms. The molecule has 2 aliphatic heterocycles. The van der Waals surface area contributed by atoms with E-state index in [-0.39, 0.29) is 36.9 Å². The Hall–Kier alpha value is -2.57. The van der Waals surface area contributed by atoms with Gasteiger partial charge in [-0.1, -0.05) is 23.7 Å². The molecule has 1 aromatic heterocycles. The van der Waals surface area contributed by atoms with Crippen LogP contribution < -0.4 is 5.73 Å². The lowest BCUT2D eigenvalue weighted by molar-refractivity contribution is -0.119. The van der Waals surface area contributed by atoms with Crippen molar-refractivity contribution in [3.63, 3.8) is 0 Å². The van der Waals surface area contributed by atoms with Crippen molar-refractivity contribution in [1.82, 2.24) is 19.1 Å². The van der Waals surface area contributed by atoms with Crippen LogP contribution in [0.1, 0.15) is 26.8 Å². The smallest absolute Gasteiger partial charge is 0.283 e. The molecule has 190 valence electrons. The SMILES string of the molecule is CN1CCc2nc(C(=O)N3CCN(S(=O)(=O)c4ccc5cc(Cl)ccc5c4)CC3CC(N)=O)sc2C1. The number of aromatic nitrogens is 1. The van der Waals surface area contributed by atoms with E-state index in [2.05, 4.69) is 9.88 Å². The third-order valence-corrected chi connectivity index (χ3v) is 9.83. The predicted octanol–water partition coefficient (Wildman–Crippen LogP) is 2.33. The summed E-state index contributed by atoms with van der Waals surface area (Å²) in [6.45, 7) is 1.85. The first kappa shape index (κ1) is 25.1. The Morgan fingerprint density at radius 2 is 1.89 bits per heavy atom. The number of nitrogens with two attached hydrogens (primary N) is 1. The number of primary amides is 1. The normalized spacial score (nSPS) is 19.4. The van der Waals surface area contributed by atoms with Crippen LogP contribution in [-0.2, 0) is 27.8 Å². The number of nitrogens with zero attached hydrogens (tertiary/aromatic N) is 4. The van der Waals surface area contributed by atoms with E-state index in [4.69, 9.17) is 17.3 Å². The first-order valence-electron chi connectivity index (χ1n) is 11.6. The molecule has 0 aliphatic carbocycles. The molecule has 1 saturated heterocycles. The van der Waals surface area contributed by atoms with E-state index in [1.165, 1.54) is 15.6 Å². The molecule has 36 heavy (non-hydrogen) atoms. The van der Waals surface area contributed by atoms with Gasteiger partial charge in [-0.25, -0.2) is 13.4 Å². The van der Waals surface area contributed by atoms with Crippen LogP contribution in [0.2, 0.25) is 5.02 Å². The molecule has 3 aromatic rings. The number of halogens is 1. The number of fused-ring (bicyclic) bond motifs is 2. The lowest BCUT2D eigenvalue weighted by Crippen LogP contribution is -2.57. The first-order chi connectivity index (χ1) is 17.1. The number of hydrogen-bond donors (Lipinski definition) is 1. The van der Waals surface area contributed by atoms with Gasteiger partial charge in [0.25, 0.3) is 5.91 Å². The number of rotatable bonds is 5. The summed E-state index contributed by atoms with van der Waals surface area (Å²) in [6.07, 6.45) is 0.645. The third kappa shape index (κ3) is 4.85. The largest absolute Gasteiger partial charge is 0.370 e. The van der Waals surface area contributed by atoms with E-state index >= 15 is 0 Å². The lowest BCUT2D eigenvalue weighted by atomic mass is 10.1. The highest BCUT2D eigenvalue weighted by molar-refractivity contribution is 7.89. The Morgan fingerprint density at radius 3 is 2.67 bits per heavy atom. The number of piperazine rings is 1. The van der Waals surface area contributed by atoms with Crippen molar-refractivity contribution in [3.8, 4) is 0 Å². The Bertz CT molecular complexity index is 1460. The second kappa shape index (κ2) is 9.71. The number of carbonyl (C=O) groups is 2. The molecule has 1 unspecified atom stereocenters. The van der Waals surface area contributed by atoms with Crippen LogP contribution in [-0.4, -0.2) is 78.6 Å². The van der Waals surface area contributed by atoms with Gasteiger partial charge in [0.15, 0.2) is 5.01 Å². The van der Waals surface area contributed by atoms with Crippen LogP contribution in [0.4, 0.5) is 0 Å². The van der Waals surface area contributed by atoms with Crippen LogP contribution in [0.3, 0.4) is 0 Å². The summed E-state index contributed by atoms with van der Waals surface area (Å²) in [6, 6.07) is 9.45. The molecular weight excluding hydrogens is 522 g/mol. The fraction of sp³-hybridized carbons (Fsp3) is 0.375. The van der Waals surface area contributed by atoms with E-state index in [0.717, 1.165) is 40.9 Å². The second-order valence-corrected chi connectivity index (χ2v) is 12.7. The average Bonchev–Trinajstić information content (AvgIpc) is 3.26. The van der Waals surface area contributed by atoms with Gasteiger partial charge >= 0.3 is 0 Å². The van der Waals surface area contributed by atoms with Crippen LogP contribution in [0.5, 0.6) is 0 Å². The summed E-state index contributed by atoms with van der Waals surface area (Å²) in [5.74, 6) is -0.886. The number of thiazole rings is 1. The van der Waals surface area contributed by atoms with Crippen molar-refractivity contribution in [2.24, 2.45) is 5.73 Å². The Balaban J connectivity index is 1.39. The molecule has 1 atom stereocenters. The molecule has 2 amide bonds. The van der Waals surface area contributed by atoms with Crippen molar-refractivity contribution in [1.29, 1.82) is 0 Å². The molecule has 2 N–H and O–H groups in total. The fourth-order valence-electron chi connectivity index (χ4n) is 4.76. The fourth-order valence-corrected chi connectivity index (χ4v) is 7.59. The van der Waals surface area contributed by atoms with Crippen molar-refractivity contribution in [2.45, 2.75) is 30.3 Å². The average molecular weight is 548 g/mol. The number of sulfonamides is 1. The molecule has 0 bridgehead atoms. The number of amides is 2. The Kier molecular flexibility index (Phi) is 6.77. The number of carbonyl (C=O) groups excluding carboxylic acids is 2. The molecule has 9 nitrogen and oxygen atoms in total. The molecule has 0 radical (unpaired) electrons. The summed E-state index contributed by atoms with van der Waals surface area (Å²) >= 11 is 7.41. The van der Waals surface area contributed by atoms with Crippen LogP contribution in [0, 0.1) is 0 Å². The standard InChI is InChI=1S/C24H26ClN5O4S2/c1-28-7-6-20-21(14-28)35-23(27-20)24(32)30-9-8-29(13-18(30)12-22(26)31)36(33,34)19-5-3-15-10-17(25)4-2-16(15)11-19/h2-5,10-11,18H,6-9,12-14H2,1H3,(H2,26,31). The minimum absolute atomic E-state index is 0.0243. The zero-order valence-corrected chi connectivity index (χ0v) is 22.1. The van der Waals surface area contributed by atoms with Gasteiger partial charge < -0.3 is 15.5 Å². The minimum Gasteiger partial charge on any atom is -0.370 e. The monoisotopic (exact) mass is 547 g/mol. The highest BCUT2D eigenvalue weighted by Gasteiger charge is 2.38. The van der Waals surface area contributed by atoms with Gasteiger partial charge in [-0.2, -0.15) is 4.31 Å². The topological polar surface area (TPSA) is 117 Å². The lowest BCUT2D eigenvalue weighted by Gasteiger charge is -2.40. The van der Waals surface area contributed by atoms with Crippen LogP contribution in [0.15, 0.2) is 41.3 Å². The molecule has 3 heterocycles. The van der Waals surface area contributed by atoms with Crippen molar-refractivity contribution >= 4 is 55.5 Å². The molecule has 12 heteroatoms. The van der Waals surface area contributed by atoms with E-state index in [1.807, 2.05) is 7.05 Å². The highest BCUT2D eigenvalue weighted by Crippen LogP contribution is 2.29. The quantitative estimate of drug-likeness (QED) is 0.524. The van der Waals surface area contributed by atoms with Crippen molar-refractivity contribution in [3.05, 3.63) is 57.0 Å². The Labute approximate surface area is 218 Å². The van der Waals surface area contributed by atoms with E-state index < -0.39 is 22.0 Å². The molecule has 2 aromatic carbocycles. The van der Waals surface area contributed by atoms with Gasteiger partial charge in [-0.3, -0.25) is 9.59 Å². The maximum absolute atomic E-state index is 13.5. The third-order valence-electron chi connectivity index (χ3n) is 6.66. The van der Waals surface area contributed by atoms with Gasteiger partial charge in [0, 0.05) is 55.5 Å². The molecular formula is C24H26ClN5O4S2. The zero-order chi connectivity index (χ0) is 25.6. The second-order valence-electron chi connectivity index (χ2n) is 9.22. The first-order valence-corrected chi connectivity index (χ1v) is 14.2. The predicted molar refractivity (Wildman–Crippen MR) is 139 cm³/mol. The van der Waals surface area contributed by atoms with Crippen LogP contribution in [0.25, 0.3) is 10.8 Å². The molecule has 2 aliphatic rings. The van der Waals surface area contributed by atoms with Gasteiger partial charge in [0.1, 0.15) is 0 Å². The number of benzene rings is 2. The van der Waals surface area contributed by atoms with Gasteiger partial charge in [0.05, 0.1) is 16.6 Å². The highest BCUT2D eigenvalue weighted by atomic mass is 35.5. The molecule has 0 saturated carbocycles. The maximum Gasteiger partial charge on any atom is 0.283 e. The van der Waals surface area contributed by atoms with Gasteiger partial charge in [-0.05, 0) is 42.1 Å². The summed E-state index contributed by atoms with van der Waals surface area (Å²) < 4.78 is 28.3. The van der Waals surface area contributed by atoms with Gasteiger partial charge in [-0.15, -0.1) is 11.3 Å². The summed E-state index contributed by atoms with van der Waals surface area (Å²) in [5.41, 5.74) is 6.42. The van der Waals surface area contributed by atoms with Crippen molar-refractivity contribution < 1.29 is 18.0 Å². The summed E-state index contributed by atoms with van der Waals surface area (Å²) in [7, 11) is -1.84. The molecule has 1 fully saturated rings. The Morgan fingerprint density at radius 1 is 1.14 bits per heavy atom. The van der Waals surface area contributed by atoms with Crippen molar-refractivity contribution in [2.75, 3.05) is 33.2 Å². The summed E-state index contributed by atoms with van der Waals surface area (Å²) in [5, 5.41) is 2.53. The van der Waals surface area contributed by atoms with E-state index in [9.17, 15) is 18.0 Å². The van der Waals surface area contributed by atoms with Gasteiger partial charge in [0.2, 0.25) is 15.9 Å². The van der Waals surface area contributed by atoms with E-state index in [1.54, 1.807) is 41.3 Å². The van der Waals surface area contributed by atoms with Crippen LogP contribution >= 0.6 is 22.9 Å².